The molecule has 23 heavy (non-hydrogen) atoms. The van der Waals surface area contributed by atoms with Gasteiger partial charge >= 0.3 is 5.97 Å². The predicted molar refractivity (Wildman–Crippen MR) is 95.2 cm³/mol. The Morgan fingerprint density at radius 3 is 2.39 bits per heavy atom. The van der Waals surface area contributed by atoms with Crippen LogP contribution in [0.15, 0.2) is 30.3 Å². The summed E-state index contributed by atoms with van der Waals surface area (Å²) < 4.78 is 13.1. The number of rotatable bonds is 6. The topological polar surface area (TPSA) is 67.3 Å². The fourth-order valence-corrected chi connectivity index (χ4v) is 5.77. The van der Waals surface area contributed by atoms with Gasteiger partial charge in [-0.3, -0.25) is 4.98 Å². The molecule has 1 heterocycles. The number of aromatic nitrogens is 1. The van der Waals surface area contributed by atoms with Gasteiger partial charge in [0.15, 0.2) is 0 Å². The highest BCUT2D eigenvalue weighted by Gasteiger charge is 2.37. The summed E-state index contributed by atoms with van der Waals surface area (Å²) in [6.45, 7) is 7.92. The summed E-state index contributed by atoms with van der Waals surface area (Å²) in [4.78, 5) is 16.2. The molecule has 0 saturated heterocycles. The molecule has 0 unspecified atom stereocenters. The molecule has 0 radical (unpaired) electrons. The summed E-state index contributed by atoms with van der Waals surface area (Å²) in [6.07, 6.45) is 1.81. The molecule has 1 N–H and O–H groups in total. The van der Waals surface area contributed by atoms with Crippen molar-refractivity contribution < 1.29 is 14.5 Å². The Balaban J connectivity index is 2.53. The van der Waals surface area contributed by atoms with E-state index in [9.17, 15) is 14.5 Å². The van der Waals surface area contributed by atoms with Crippen LogP contribution in [-0.2, 0) is 11.0 Å². The fourth-order valence-electron chi connectivity index (χ4n) is 3.16. The second kappa shape index (κ2) is 6.45. The Labute approximate surface area is 137 Å². The third kappa shape index (κ3) is 3.32. The van der Waals surface area contributed by atoms with E-state index in [0.717, 1.165) is 0 Å². The Morgan fingerprint density at radius 2 is 1.83 bits per heavy atom. The number of carboxylic acids is 1. The summed E-state index contributed by atoms with van der Waals surface area (Å²) in [7, 11) is -2.34. The molecule has 0 atom stereocenters. The average molecular weight is 333 g/mol. The number of aromatic carboxylic acids is 1. The van der Waals surface area contributed by atoms with Gasteiger partial charge < -0.3 is 9.67 Å². The van der Waals surface area contributed by atoms with Gasteiger partial charge in [0.25, 0.3) is 0 Å². The van der Waals surface area contributed by atoms with Crippen molar-refractivity contribution in [1.29, 1.82) is 0 Å². The zero-order valence-corrected chi connectivity index (χ0v) is 15.1. The van der Waals surface area contributed by atoms with Gasteiger partial charge in [-0.25, -0.2) is 4.79 Å². The summed E-state index contributed by atoms with van der Waals surface area (Å²) in [5.74, 6) is -0.961. The number of fused-ring (bicyclic) bond motifs is 1. The first-order chi connectivity index (χ1) is 10.7. The smallest absolute Gasteiger partial charge is 0.336 e. The quantitative estimate of drug-likeness (QED) is 0.781. The first-order valence-corrected chi connectivity index (χ1v) is 10.0. The lowest BCUT2D eigenvalue weighted by Gasteiger charge is -2.33. The molecular formula is C18H24NO3P. The summed E-state index contributed by atoms with van der Waals surface area (Å²) in [6, 6.07) is 8.87. The van der Waals surface area contributed by atoms with Crippen molar-refractivity contribution in [2.24, 2.45) is 0 Å². The molecule has 5 heteroatoms. The molecular weight excluding hydrogens is 309 g/mol. The summed E-state index contributed by atoms with van der Waals surface area (Å²) in [5.41, 5.74) is 1.61. The molecule has 0 spiro atoms. The van der Waals surface area contributed by atoms with Crippen LogP contribution in [0.4, 0.5) is 0 Å². The van der Waals surface area contributed by atoms with Crippen LogP contribution in [0.2, 0.25) is 0 Å². The highest BCUT2D eigenvalue weighted by molar-refractivity contribution is 7.65. The van der Waals surface area contributed by atoms with Gasteiger partial charge in [0, 0.05) is 22.7 Å². The zero-order chi connectivity index (χ0) is 17.3. The molecule has 4 nitrogen and oxygen atoms in total. The number of hydrogen-bond donors (Lipinski definition) is 1. The molecule has 1 aromatic heterocycles. The minimum Gasteiger partial charge on any atom is -0.478 e. The SMILES string of the molecule is CCP(=O)(CC)C(C)(C)Cc1cc(C(=O)O)c2ccccc2n1. The molecule has 124 valence electrons. The van der Waals surface area contributed by atoms with E-state index in [1.807, 2.05) is 45.9 Å². The van der Waals surface area contributed by atoms with Crippen molar-refractivity contribution in [3.63, 3.8) is 0 Å². The van der Waals surface area contributed by atoms with Crippen molar-refractivity contribution in [3.8, 4) is 0 Å². The molecule has 2 rings (SSSR count). The lowest BCUT2D eigenvalue weighted by atomic mass is 10.0. The number of benzene rings is 1. The van der Waals surface area contributed by atoms with E-state index >= 15 is 0 Å². The van der Waals surface area contributed by atoms with Crippen LogP contribution in [0.1, 0.15) is 43.7 Å². The Kier molecular flexibility index (Phi) is 4.95. The highest BCUT2D eigenvalue weighted by Crippen LogP contribution is 2.58. The van der Waals surface area contributed by atoms with E-state index in [0.29, 0.717) is 35.3 Å². The van der Waals surface area contributed by atoms with E-state index in [-0.39, 0.29) is 5.56 Å². The van der Waals surface area contributed by atoms with Crippen molar-refractivity contribution in [2.75, 3.05) is 12.3 Å². The minimum absolute atomic E-state index is 0.254. The maximum absolute atomic E-state index is 13.1. The molecule has 0 saturated carbocycles. The molecule has 1 aromatic carbocycles. The van der Waals surface area contributed by atoms with E-state index in [2.05, 4.69) is 4.98 Å². The van der Waals surface area contributed by atoms with Crippen LogP contribution in [0.5, 0.6) is 0 Å². The molecule has 0 aliphatic carbocycles. The average Bonchev–Trinajstić information content (AvgIpc) is 2.52. The van der Waals surface area contributed by atoms with Crippen LogP contribution in [0.3, 0.4) is 0 Å². The second-order valence-electron chi connectivity index (χ2n) is 6.49. The molecule has 2 aromatic rings. The maximum atomic E-state index is 13.1. The molecule has 0 amide bonds. The Bertz CT molecular complexity index is 775. The van der Waals surface area contributed by atoms with Gasteiger partial charge in [-0.1, -0.05) is 45.9 Å². The largest absolute Gasteiger partial charge is 0.478 e. The van der Waals surface area contributed by atoms with Crippen LogP contribution in [0, 0.1) is 0 Å². The lowest BCUT2D eigenvalue weighted by molar-refractivity contribution is 0.0699. The van der Waals surface area contributed by atoms with Crippen molar-refractivity contribution >= 4 is 24.0 Å². The monoisotopic (exact) mass is 333 g/mol. The van der Waals surface area contributed by atoms with Crippen LogP contribution in [-0.4, -0.2) is 33.5 Å². The van der Waals surface area contributed by atoms with Crippen molar-refractivity contribution in [2.45, 2.75) is 39.3 Å². The van der Waals surface area contributed by atoms with E-state index in [4.69, 9.17) is 0 Å². The minimum atomic E-state index is -2.34. The van der Waals surface area contributed by atoms with Gasteiger partial charge in [0.2, 0.25) is 0 Å². The van der Waals surface area contributed by atoms with Gasteiger partial charge in [0.05, 0.1) is 18.2 Å². The Morgan fingerprint density at radius 1 is 1.22 bits per heavy atom. The molecule has 0 aliphatic rings. The Hall–Kier alpha value is -1.67. The van der Waals surface area contributed by atoms with Gasteiger partial charge in [-0.2, -0.15) is 0 Å². The predicted octanol–water partition coefficient (Wildman–Crippen LogP) is 4.66. The summed E-state index contributed by atoms with van der Waals surface area (Å²) >= 11 is 0. The third-order valence-corrected chi connectivity index (χ3v) is 9.15. The number of carbonyl (C=O) groups is 1. The standard InChI is InChI=1S/C18H24NO3P/c1-5-23(22,6-2)18(3,4)12-13-11-15(17(20)21)14-9-7-8-10-16(14)19-13/h7-11H,5-6,12H2,1-4H3,(H,20,21). The lowest BCUT2D eigenvalue weighted by Crippen LogP contribution is -2.26. The van der Waals surface area contributed by atoms with Crippen LogP contribution >= 0.6 is 7.14 Å². The molecule has 0 aliphatic heterocycles. The second-order valence-corrected chi connectivity index (χ2v) is 10.7. The molecule has 0 fully saturated rings. The van der Waals surface area contributed by atoms with Gasteiger partial charge in [-0.05, 0) is 24.5 Å². The maximum Gasteiger partial charge on any atom is 0.336 e. The first kappa shape index (κ1) is 17.7. The van der Waals surface area contributed by atoms with Crippen LogP contribution in [0.25, 0.3) is 10.9 Å². The van der Waals surface area contributed by atoms with Gasteiger partial charge in [-0.15, -0.1) is 0 Å². The normalized spacial score (nSPS) is 12.5. The van der Waals surface area contributed by atoms with E-state index in [1.165, 1.54) is 0 Å². The number of para-hydroxylation sites is 1. The summed E-state index contributed by atoms with van der Waals surface area (Å²) in [5, 5.41) is 9.71. The van der Waals surface area contributed by atoms with Crippen LogP contribution < -0.4 is 0 Å². The van der Waals surface area contributed by atoms with E-state index in [1.54, 1.807) is 12.1 Å². The zero-order valence-electron chi connectivity index (χ0n) is 14.2. The van der Waals surface area contributed by atoms with Gasteiger partial charge in [0.1, 0.15) is 0 Å². The molecule has 0 bridgehead atoms. The highest BCUT2D eigenvalue weighted by atomic mass is 31.2. The fraction of sp³-hybridized carbons (Fsp3) is 0.444. The number of hydrogen-bond acceptors (Lipinski definition) is 3. The number of pyridine rings is 1. The first-order valence-electron chi connectivity index (χ1n) is 7.94. The number of nitrogens with zero attached hydrogens (tertiary/aromatic N) is 1. The van der Waals surface area contributed by atoms with E-state index < -0.39 is 18.3 Å². The number of carboxylic acid groups (broad SMARTS) is 1. The van der Waals surface area contributed by atoms with Crippen molar-refractivity contribution in [1.82, 2.24) is 4.98 Å². The van der Waals surface area contributed by atoms with Crippen molar-refractivity contribution in [3.05, 3.63) is 41.6 Å². The third-order valence-electron chi connectivity index (χ3n) is 4.74.